The molecule has 0 aliphatic carbocycles. The number of halogens is 2. The third kappa shape index (κ3) is 4.30. The number of aryl methyl sites for hydroxylation is 1. The van der Waals surface area contributed by atoms with E-state index >= 15 is 0 Å². The highest BCUT2D eigenvalue weighted by molar-refractivity contribution is 5.79. The van der Waals surface area contributed by atoms with Gasteiger partial charge in [-0.3, -0.25) is 4.79 Å². The van der Waals surface area contributed by atoms with E-state index in [1.54, 1.807) is 24.9 Å². The van der Waals surface area contributed by atoms with Gasteiger partial charge in [0.15, 0.2) is 0 Å². The van der Waals surface area contributed by atoms with E-state index in [1.807, 2.05) is 0 Å². The van der Waals surface area contributed by atoms with E-state index in [1.165, 1.54) is 6.07 Å². The number of hydrogen-bond donors (Lipinski definition) is 1. The zero-order chi connectivity index (χ0) is 19.6. The molecule has 1 N–H and O–H groups in total. The van der Waals surface area contributed by atoms with Crippen molar-refractivity contribution in [2.24, 2.45) is 0 Å². The van der Waals surface area contributed by atoms with Gasteiger partial charge in [-0.05, 0) is 38.8 Å². The van der Waals surface area contributed by atoms with Gasteiger partial charge >= 0.3 is 0 Å². The second-order valence-corrected chi connectivity index (χ2v) is 6.97. The summed E-state index contributed by atoms with van der Waals surface area (Å²) in [5.41, 5.74) is 1.34. The van der Waals surface area contributed by atoms with Crippen molar-refractivity contribution in [1.29, 1.82) is 0 Å². The molecule has 1 atom stereocenters. The van der Waals surface area contributed by atoms with E-state index in [9.17, 15) is 18.7 Å². The molecule has 1 aromatic heterocycles. The molecule has 7 heteroatoms. The van der Waals surface area contributed by atoms with Crippen LogP contribution < -0.4 is 0 Å². The highest BCUT2D eigenvalue weighted by Crippen LogP contribution is 2.31. The fraction of sp³-hybridized carbons (Fsp3) is 0.450. The molecule has 0 bridgehead atoms. The van der Waals surface area contributed by atoms with Crippen molar-refractivity contribution >= 4 is 5.91 Å². The van der Waals surface area contributed by atoms with Crippen LogP contribution in [0.15, 0.2) is 24.4 Å². The molecule has 1 saturated heterocycles. The Balaban J connectivity index is 1.67. The molecule has 2 heterocycles. The number of aliphatic hydroxyl groups excluding tert-OH is 1. The number of likely N-dealkylation sites (tertiary alicyclic amines) is 1. The Morgan fingerprint density at radius 1 is 1.30 bits per heavy atom. The van der Waals surface area contributed by atoms with Crippen LogP contribution >= 0.6 is 0 Å². The largest absolute Gasteiger partial charge is 0.389 e. The third-order valence-electron chi connectivity index (χ3n) is 5.04. The molecular formula is C20H23F2N3O2. The number of piperidine rings is 1. The Hall–Kier alpha value is -2.41. The van der Waals surface area contributed by atoms with Crippen LogP contribution in [-0.4, -0.2) is 39.0 Å². The monoisotopic (exact) mass is 375 g/mol. The van der Waals surface area contributed by atoms with Gasteiger partial charge in [0, 0.05) is 36.3 Å². The summed E-state index contributed by atoms with van der Waals surface area (Å²) in [6, 6.07) is 3.60. The Morgan fingerprint density at radius 2 is 1.93 bits per heavy atom. The third-order valence-corrected chi connectivity index (χ3v) is 5.04. The number of aliphatic hydroxyl groups is 1. The van der Waals surface area contributed by atoms with E-state index < -0.39 is 17.7 Å². The number of rotatable bonds is 4. The summed E-state index contributed by atoms with van der Waals surface area (Å²) >= 11 is 0. The minimum absolute atomic E-state index is 0.116. The quantitative estimate of drug-likeness (QED) is 0.892. The lowest BCUT2D eigenvalue weighted by atomic mass is 9.89. The van der Waals surface area contributed by atoms with Crippen LogP contribution in [0.1, 0.15) is 54.4 Å². The van der Waals surface area contributed by atoms with E-state index in [4.69, 9.17) is 0 Å². The van der Waals surface area contributed by atoms with Crippen LogP contribution in [0.5, 0.6) is 0 Å². The zero-order valence-corrected chi connectivity index (χ0v) is 15.5. The van der Waals surface area contributed by atoms with E-state index in [2.05, 4.69) is 9.97 Å². The lowest BCUT2D eigenvalue weighted by Crippen LogP contribution is -2.39. The van der Waals surface area contributed by atoms with E-state index in [-0.39, 0.29) is 23.8 Å². The number of aromatic nitrogens is 2. The number of carbonyl (C=O) groups excluding carboxylic acids is 1. The van der Waals surface area contributed by atoms with Crippen LogP contribution in [0.25, 0.3) is 0 Å². The maximum atomic E-state index is 13.8. The first-order valence-electron chi connectivity index (χ1n) is 9.09. The number of benzene rings is 1. The van der Waals surface area contributed by atoms with Crippen molar-refractivity contribution in [3.05, 3.63) is 58.7 Å². The average molecular weight is 375 g/mol. The van der Waals surface area contributed by atoms with Gasteiger partial charge in [-0.1, -0.05) is 6.07 Å². The Bertz CT molecular complexity index is 814. The van der Waals surface area contributed by atoms with Crippen molar-refractivity contribution in [3.63, 3.8) is 0 Å². The summed E-state index contributed by atoms with van der Waals surface area (Å²) in [6.07, 6.45) is 2.07. The van der Waals surface area contributed by atoms with Gasteiger partial charge in [-0.15, -0.1) is 0 Å². The topological polar surface area (TPSA) is 66.3 Å². The summed E-state index contributed by atoms with van der Waals surface area (Å²) in [4.78, 5) is 22.8. The van der Waals surface area contributed by atoms with Crippen LogP contribution in [-0.2, 0) is 11.2 Å². The molecule has 0 spiro atoms. The highest BCUT2D eigenvalue weighted by Gasteiger charge is 2.28. The molecule has 1 aliphatic rings. The van der Waals surface area contributed by atoms with E-state index in [0.717, 1.165) is 17.8 Å². The molecule has 1 amide bonds. The van der Waals surface area contributed by atoms with Crippen LogP contribution in [0.3, 0.4) is 0 Å². The van der Waals surface area contributed by atoms with Gasteiger partial charge in [-0.25, -0.2) is 18.7 Å². The second kappa shape index (κ2) is 8.08. The lowest BCUT2D eigenvalue weighted by molar-refractivity contribution is -0.131. The zero-order valence-electron chi connectivity index (χ0n) is 15.5. The fourth-order valence-electron chi connectivity index (χ4n) is 3.51. The molecule has 144 valence electrons. The van der Waals surface area contributed by atoms with Gasteiger partial charge in [0.2, 0.25) is 5.91 Å². The molecule has 27 heavy (non-hydrogen) atoms. The first kappa shape index (κ1) is 19.4. The summed E-state index contributed by atoms with van der Waals surface area (Å²) in [7, 11) is 0. The lowest BCUT2D eigenvalue weighted by Gasteiger charge is -2.33. The predicted octanol–water partition coefficient (Wildman–Crippen LogP) is 3.07. The standard InChI is InChI=1S/C20H23F2N3O2/c1-12(26)16-11-23-13(2)24-20(16)14-6-8-25(9-7-14)19(27)10-15-17(21)4-3-5-18(15)22/h3-5,11-12,14,26H,6-10H2,1-2H3. The SMILES string of the molecule is Cc1ncc(C(C)O)c(C2CCN(C(=O)Cc3c(F)cccc3F)CC2)n1. The number of nitrogens with zero attached hydrogens (tertiary/aromatic N) is 3. The summed E-state index contributed by atoms with van der Waals surface area (Å²) < 4.78 is 27.5. The predicted molar refractivity (Wildman–Crippen MR) is 96.0 cm³/mol. The number of hydrogen-bond acceptors (Lipinski definition) is 4. The van der Waals surface area contributed by atoms with Crippen LogP contribution in [0, 0.1) is 18.6 Å². The van der Waals surface area contributed by atoms with Crippen molar-refractivity contribution < 1.29 is 18.7 Å². The maximum Gasteiger partial charge on any atom is 0.227 e. The first-order chi connectivity index (χ1) is 12.9. The average Bonchev–Trinajstić information content (AvgIpc) is 2.64. The Kier molecular flexibility index (Phi) is 5.79. The minimum atomic E-state index is -0.698. The fourth-order valence-corrected chi connectivity index (χ4v) is 3.51. The first-order valence-corrected chi connectivity index (χ1v) is 9.09. The second-order valence-electron chi connectivity index (χ2n) is 6.97. The molecule has 0 radical (unpaired) electrons. The molecule has 3 rings (SSSR count). The number of carbonyl (C=O) groups is 1. The van der Waals surface area contributed by atoms with Gasteiger partial charge in [0.25, 0.3) is 0 Å². The smallest absolute Gasteiger partial charge is 0.227 e. The van der Waals surface area contributed by atoms with Crippen LogP contribution in [0.4, 0.5) is 8.78 Å². The van der Waals surface area contributed by atoms with Crippen molar-refractivity contribution in [2.45, 2.75) is 45.1 Å². The Labute approximate surface area is 157 Å². The minimum Gasteiger partial charge on any atom is -0.389 e. The Morgan fingerprint density at radius 3 is 2.52 bits per heavy atom. The summed E-state index contributed by atoms with van der Waals surface area (Å²) in [5.74, 6) is -0.923. The van der Waals surface area contributed by atoms with Crippen LogP contribution in [0.2, 0.25) is 0 Å². The molecule has 1 unspecified atom stereocenters. The van der Waals surface area contributed by atoms with Gasteiger partial charge in [0.1, 0.15) is 17.5 Å². The molecule has 1 fully saturated rings. The van der Waals surface area contributed by atoms with Gasteiger partial charge < -0.3 is 10.0 Å². The molecule has 2 aromatic rings. The summed E-state index contributed by atoms with van der Waals surface area (Å²) in [6.45, 7) is 4.46. The molecule has 1 aromatic carbocycles. The molecule has 5 nitrogen and oxygen atoms in total. The van der Waals surface area contributed by atoms with Crippen molar-refractivity contribution in [1.82, 2.24) is 14.9 Å². The molecule has 0 saturated carbocycles. The maximum absolute atomic E-state index is 13.8. The van der Waals surface area contributed by atoms with Crippen molar-refractivity contribution in [2.75, 3.05) is 13.1 Å². The molecule has 1 aliphatic heterocycles. The number of amides is 1. The van der Waals surface area contributed by atoms with Gasteiger partial charge in [0.05, 0.1) is 18.2 Å². The summed E-state index contributed by atoms with van der Waals surface area (Å²) in [5, 5.41) is 9.97. The van der Waals surface area contributed by atoms with Crippen molar-refractivity contribution in [3.8, 4) is 0 Å². The normalized spacial score (nSPS) is 16.4. The molecular weight excluding hydrogens is 352 g/mol. The highest BCUT2D eigenvalue weighted by atomic mass is 19.1. The van der Waals surface area contributed by atoms with Gasteiger partial charge in [-0.2, -0.15) is 0 Å². The van der Waals surface area contributed by atoms with E-state index in [0.29, 0.717) is 37.3 Å².